The van der Waals surface area contributed by atoms with Crippen LogP contribution >= 0.6 is 0 Å². The molecule has 0 aliphatic carbocycles. The summed E-state index contributed by atoms with van der Waals surface area (Å²) in [6, 6.07) is 3.97. The highest BCUT2D eigenvalue weighted by Crippen LogP contribution is 2.38. The SMILES string of the molecule is CC1CN(c2ccc(CO)cc2C(F)(F)F)CC(C)O1. The van der Waals surface area contributed by atoms with E-state index in [1.165, 1.54) is 12.1 Å². The van der Waals surface area contributed by atoms with Gasteiger partial charge in [-0.3, -0.25) is 0 Å². The van der Waals surface area contributed by atoms with Gasteiger partial charge < -0.3 is 14.7 Å². The standard InChI is InChI=1S/C14H18F3NO2/c1-9-6-18(7-10(2)20-9)13-4-3-11(8-19)5-12(13)14(15,16)17/h3-5,9-10,19H,6-8H2,1-2H3. The van der Waals surface area contributed by atoms with E-state index in [1.807, 2.05) is 13.8 Å². The predicted molar refractivity (Wildman–Crippen MR) is 69.6 cm³/mol. The number of alkyl halides is 3. The van der Waals surface area contributed by atoms with Crippen molar-refractivity contribution in [1.82, 2.24) is 0 Å². The lowest BCUT2D eigenvalue weighted by Crippen LogP contribution is -2.46. The number of halogens is 3. The smallest absolute Gasteiger partial charge is 0.392 e. The second-order valence-corrected chi connectivity index (χ2v) is 5.17. The number of nitrogens with zero attached hydrogens (tertiary/aromatic N) is 1. The van der Waals surface area contributed by atoms with Crippen molar-refractivity contribution in [2.24, 2.45) is 0 Å². The molecule has 1 heterocycles. The van der Waals surface area contributed by atoms with Gasteiger partial charge in [-0.15, -0.1) is 0 Å². The maximum atomic E-state index is 13.2. The van der Waals surface area contributed by atoms with Crippen molar-refractivity contribution in [2.45, 2.75) is 38.8 Å². The highest BCUT2D eigenvalue weighted by molar-refractivity contribution is 5.57. The van der Waals surface area contributed by atoms with E-state index in [0.29, 0.717) is 13.1 Å². The van der Waals surface area contributed by atoms with E-state index in [-0.39, 0.29) is 23.5 Å². The topological polar surface area (TPSA) is 32.7 Å². The lowest BCUT2D eigenvalue weighted by Gasteiger charge is -2.38. The summed E-state index contributed by atoms with van der Waals surface area (Å²) in [5, 5.41) is 9.01. The average molecular weight is 289 g/mol. The fraction of sp³-hybridized carbons (Fsp3) is 0.571. The molecule has 1 aromatic carbocycles. The number of benzene rings is 1. The largest absolute Gasteiger partial charge is 0.418 e. The van der Waals surface area contributed by atoms with Gasteiger partial charge in [0.2, 0.25) is 0 Å². The number of aliphatic hydroxyl groups excluding tert-OH is 1. The molecule has 2 atom stereocenters. The fourth-order valence-corrected chi connectivity index (χ4v) is 2.56. The second-order valence-electron chi connectivity index (χ2n) is 5.17. The Bertz CT molecular complexity index is 466. The minimum atomic E-state index is -4.44. The van der Waals surface area contributed by atoms with Crippen molar-refractivity contribution < 1.29 is 23.0 Å². The summed E-state index contributed by atoms with van der Waals surface area (Å²) in [5.74, 6) is 0. The molecule has 20 heavy (non-hydrogen) atoms. The molecule has 112 valence electrons. The zero-order valence-electron chi connectivity index (χ0n) is 11.4. The summed E-state index contributed by atoms with van der Waals surface area (Å²) in [5.41, 5.74) is -0.294. The molecule has 0 aromatic heterocycles. The minimum absolute atomic E-state index is 0.114. The van der Waals surface area contributed by atoms with Crippen LogP contribution in [0.4, 0.5) is 18.9 Å². The van der Waals surface area contributed by atoms with Crippen LogP contribution in [-0.2, 0) is 17.5 Å². The highest BCUT2D eigenvalue weighted by Gasteiger charge is 2.36. The van der Waals surface area contributed by atoms with Gasteiger partial charge in [0.05, 0.1) is 24.4 Å². The van der Waals surface area contributed by atoms with Crippen molar-refractivity contribution in [3.8, 4) is 0 Å². The highest BCUT2D eigenvalue weighted by atomic mass is 19.4. The van der Waals surface area contributed by atoms with Crippen molar-refractivity contribution >= 4 is 5.69 Å². The van der Waals surface area contributed by atoms with E-state index in [1.54, 1.807) is 4.90 Å². The summed E-state index contributed by atoms with van der Waals surface area (Å²) < 4.78 is 45.1. The molecule has 0 amide bonds. The van der Waals surface area contributed by atoms with Crippen LogP contribution in [0.25, 0.3) is 0 Å². The molecule has 0 radical (unpaired) electrons. The van der Waals surface area contributed by atoms with Gasteiger partial charge in [-0.1, -0.05) is 6.07 Å². The number of anilines is 1. The Hall–Kier alpha value is -1.27. The van der Waals surface area contributed by atoms with Crippen LogP contribution in [0.3, 0.4) is 0 Å². The number of rotatable bonds is 2. The quantitative estimate of drug-likeness (QED) is 0.908. The van der Waals surface area contributed by atoms with Gasteiger partial charge in [0.1, 0.15) is 0 Å². The molecule has 0 bridgehead atoms. The summed E-state index contributed by atoms with van der Waals surface area (Å²) >= 11 is 0. The average Bonchev–Trinajstić information content (AvgIpc) is 2.35. The third-order valence-electron chi connectivity index (χ3n) is 3.31. The first-order valence-corrected chi connectivity index (χ1v) is 6.52. The fourth-order valence-electron chi connectivity index (χ4n) is 2.56. The molecule has 1 saturated heterocycles. The summed E-state index contributed by atoms with van der Waals surface area (Å²) in [6.45, 7) is 4.13. The van der Waals surface area contributed by atoms with Crippen LogP contribution in [-0.4, -0.2) is 30.4 Å². The molecule has 1 aliphatic heterocycles. The predicted octanol–water partition coefficient (Wildman–Crippen LogP) is 2.81. The van der Waals surface area contributed by atoms with E-state index >= 15 is 0 Å². The Balaban J connectivity index is 2.40. The summed E-state index contributed by atoms with van der Waals surface area (Å²) in [6.07, 6.45) is -4.67. The summed E-state index contributed by atoms with van der Waals surface area (Å²) in [7, 11) is 0. The van der Waals surface area contributed by atoms with Gasteiger partial charge in [-0.05, 0) is 31.5 Å². The number of aliphatic hydroxyl groups is 1. The molecule has 1 fully saturated rings. The van der Waals surface area contributed by atoms with Gasteiger partial charge in [-0.2, -0.15) is 13.2 Å². The molecular weight excluding hydrogens is 271 g/mol. The molecule has 1 aromatic rings. The van der Waals surface area contributed by atoms with Gasteiger partial charge in [0, 0.05) is 18.8 Å². The van der Waals surface area contributed by atoms with Crippen LogP contribution in [0.5, 0.6) is 0 Å². The van der Waals surface area contributed by atoms with E-state index in [4.69, 9.17) is 9.84 Å². The molecular formula is C14H18F3NO2. The Morgan fingerprint density at radius 1 is 1.25 bits per heavy atom. The third kappa shape index (κ3) is 3.24. The molecule has 6 heteroatoms. The van der Waals surface area contributed by atoms with E-state index in [0.717, 1.165) is 6.07 Å². The van der Waals surface area contributed by atoms with Gasteiger partial charge in [0.25, 0.3) is 0 Å². The molecule has 0 saturated carbocycles. The van der Waals surface area contributed by atoms with Crippen molar-refractivity contribution in [3.05, 3.63) is 29.3 Å². The van der Waals surface area contributed by atoms with Gasteiger partial charge in [-0.25, -0.2) is 0 Å². The third-order valence-corrected chi connectivity index (χ3v) is 3.31. The van der Waals surface area contributed by atoms with E-state index in [9.17, 15) is 13.2 Å². The van der Waals surface area contributed by atoms with Gasteiger partial charge in [0.15, 0.2) is 0 Å². The van der Waals surface area contributed by atoms with E-state index in [2.05, 4.69) is 0 Å². The maximum absolute atomic E-state index is 13.2. The minimum Gasteiger partial charge on any atom is -0.392 e. The Morgan fingerprint density at radius 3 is 2.35 bits per heavy atom. The van der Waals surface area contributed by atoms with Crippen LogP contribution in [0.15, 0.2) is 18.2 Å². The zero-order chi connectivity index (χ0) is 14.9. The molecule has 0 spiro atoms. The normalized spacial score (nSPS) is 24.0. The molecule has 1 aliphatic rings. The van der Waals surface area contributed by atoms with Crippen LogP contribution in [0.2, 0.25) is 0 Å². The van der Waals surface area contributed by atoms with Crippen molar-refractivity contribution in [3.63, 3.8) is 0 Å². The second kappa shape index (κ2) is 5.61. The monoisotopic (exact) mass is 289 g/mol. The molecule has 3 nitrogen and oxygen atoms in total. The number of morpholine rings is 1. The lowest BCUT2D eigenvalue weighted by atomic mass is 10.1. The van der Waals surface area contributed by atoms with Crippen molar-refractivity contribution in [1.29, 1.82) is 0 Å². The first kappa shape index (κ1) is 15.1. The lowest BCUT2D eigenvalue weighted by molar-refractivity contribution is -0.137. The van der Waals surface area contributed by atoms with Crippen LogP contribution in [0.1, 0.15) is 25.0 Å². The van der Waals surface area contributed by atoms with Crippen molar-refractivity contribution in [2.75, 3.05) is 18.0 Å². The van der Waals surface area contributed by atoms with Crippen LogP contribution < -0.4 is 4.90 Å². The Morgan fingerprint density at radius 2 is 1.85 bits per heavy atom. The van der Waals surface area contributed by atoms with Crippen LogP contribution in [0, 0.1) is 0 Å². The maximum Gasteiger partial charge on any atom is 0.418 e. The Kier molecular flexibility index (Phi) is 4.25. The molecule has 2 unspecified atom stereocenters. The summed E-state index contributed by atoms with van der Waals surface area (Å²) in [4.78, 5) is 1.70. The molecule has 2 rings (SSSR count). The number of hydrogen-bond acceptors (Lipinski definition) is 3. The van der Waals surface area contributed by atoms with E-state index < -0.39 is 18.3 Å². The first-order chi connectivity index (χ1) is 9.31. The Labute approximate surface area is 116 Å². The van der Waals surface area contributed by atoms with Gasteiger partial charge >= 0.3 is 6.18 Å². The number of ether oxygens (including phenoxy) is 1. The molecule has 1 N–H and O–H groups in total. The number of hydrogen-bond donors (Lipinski definition) is 1. The first-order valence-electron chi connectivity index (χ1n) is 6.52. The zero-order valence-corrected chi connectivity index (χ0v) is 11.4.